The topological polar surface area (TPSA) is 85.2 Å². The summed E-state index contributed by atoms with van der Waals surface area (Å²) in [6.45, 7) is 0. The number of allylic oxidation sites excluding steroid dienone is 1. The Morgan fingerprint density at radius 3 is 2.42 bits per heavy atom. The Hall–Kier alpha value is -4.72. The molecular formula is C28H23NO7. The van der Waals surface area contributed by atoms with Gasteiger partial charge in [0.25, 0.3) is 0 Å². The van der Waals surface area contributed by atoms with Crippen LogP contribution in [0.3, 0.4) is 0 Å². The standard InChI is InChI=1S/C28H23NO7/c1-29-15-17(21-13-18(32-2)7-9-22(21)29)12-26-27(30)20-8-6-19(14-24(20)36-26)35-28(31)16-5-10-23(33-3)25(11-16)34-4/h5-15H,1-4H3/b26-12+. The fourth-order valence-electron chi connectivity index (χ4n) is 4.14. The molecule has 8 nitrogen and oxygen atoms in total. The molecular weight excluding hydrogens is 462 g/mol. The minimum absolute atomic E-state index is 0.184. The molecule has 2 heterocycles. The normalized spacial score (nSPS) is 13.4. The van der Waals surface area contributed by atoms with Crippen LogP contribution in [-0.2, 0) is 7.05 Å². The van der Waals surface area contributed by atoms with Crippen molar-refractivity contribution in [3.05, 3.63) is 83.2 Å². The molecule has 0 unspecified atom stereocenters. The van der Waals surface area contributed by atoms with Crippen LogP contribution in [0.2, 0.25) is 0 Å². The van der Waals surface area contributed by atoms with Gasteiger partial charge in [-0.2, -0.15) is 0 Å². The van der Waals surface area contributed by atoms with Crippen molar-refractivity contribution in [1.82, 2.24) is 4.57 Å². The second-order valence-electron chi connectivity index (χ2n) is 8.14. The molecule has 0 radical (unpaired) electrons. The number of aryl methyl sites for hydroxylation is 1. The van der Waals surface area contributed by atoms with Gasteiger partial charge >= 0.3 is 5.97 Å². The van der Waals surface area contributed by atoms with Gasteiger partial charge in [-0.15, -0.1) is 0 Å². The zero-order chi connectivity index (χ0) is 25.4. The molecule has 0 amide bonds. The Bertz CT molecular complexity index is 1550. The van der Waals surface area contributed by atoms with Crippen molar-refractivity contribution in [3.8, 4) is 28.7 Å². The number of carbonyl (C=O) groups excluding carboxylic acids is 2. The van der Waals surface area contributed by atoms with E-state index in [0.29, 0.717) is 22.8 Å². The molecule has 0 atom stereocenters. The zero-order valence-electron chi connectivity index (χ0n) is 20.2. The highest BCUT2D eigenvalue weighted by atomic mass is 16.5. The number of hydrogen-bond acceptors (Lipinski definition) is 7. The molecule has 1 aliphatic rings. The SMILES string of the molecule is COc1ccc2c(c1)c(/C=C1/Oc3cc(OC(=O)c4ccc(OC)c(OC)c4)ccc3C1=O)cn2C. The molecule has 0 fully saturated rings. The van der Waals surface area contributed by atoms with Crippen molar-refractivity contribution in [2.24, 2.45) is 7.05 Å². The number of hydrogen-bond donors (Lipinski definition) is 0. The lowest BCUT2D eigenvalue weighted by atomic mass is 10.1. The fraction of sp³-hybridized carbons (Fsp3) is 0.143. The third-order valence-corrected chi connectivity index (χ3v) is 5.99. The molecule has 5 rings (SSSR count). The third-order valence-electron chi connectivity index (χ3n) is 5.99. The quantitative estimate of drug-likeness (QED) is 0.215. The van der Waals surface area contributed by atoms with Gasteiger partial charge in [0.15, 0.2) is 17.3 Å². The summed E-state index contributed by atoms with van der Waals surface area (Å²) in [6, 6.07) is 15.2. The van der Waals surface area contributed by atoms with Gasteiger partial charge in [-0.05, 0) is 54.6 Å². The predicted molar refractivity (Wildman–Crippen MR) is 133 cm³/mol. The number of aromatic nitrogens is 1. The second kappa shape index (κ2) is 9.14. The molecule has 0 spiro atoms. The monoisotopic (exact) mass is 485 g/mol. The van der Waals surface area contributed by atoms with Gasteiger partial charge in [-0.1, -0.05) is 0 Å². The third kappa shape index (κ3) is 4.02. The van der Waals surface area contributed by atoms with Crippen LogP contribution in [-0.4, -0.2) is 37.6 Å². The van der Waals surface area contributed by atoms with Gasteiger partial charge in [0.05, 0.1) is 32.5 Å². The number of Topliss-reactive ketones (excluding diaryl/α,β-unsaturated/α-hetero) is 1. The van der Waals surface area contributed by atoms with Crippen molar-refractivity contribution >= 4 is 28.7 Å². The molecule has 0 saturated carbocycles. The maximum Gasteiger partial charge on any atom is 0.343 e. The van der Waals surface area contributed by atoms with Crippen LogP contribution in [0.4, 0.5) is 0 Å². The molecule has 8 heteroatoms. The average molecular weight is 485 g/mol. The number of benzene rings is 3. The number of nitrogens with zero attached hydrogens (tertiary/aromatic N) is 1. The summed E-state index contributed by atoms with van der Waals surface area (Å²) in [5.41, 5.74) is 2.50. The number of ether oxygens (including phenoxy) is 5. The van der Waals surface area contributed by atoms with Gasteiger partial charge in [-0.3, -0.25) is 4.79 Å². The van der Waals surface area contributed by atoms with Crippen LogP contribution in [0.15, 0.2) is 66.6 Å². The molecule has 0 bridgehead atoms. The molecule has 0 saturated heterocycles. The van der Waals surface area contributed by atoms with Crippen molar-refractivity contribution in [2.45, 2.75) is 0 Å². The molecule has 36 heavy (non-hydrogen) atoms. The van der Waals surface area contributed by atoms with E-state index < -0.39 is 5.97 Å². The lowest BCUT2D eigenvalue weighted by molar-refractivity contribution is 0.0734. The first-order valence-corrected chi connectivity index (χ1v) is 11.1. The maximum absolute atomic E-state index is 13.0. The van der Waals surface area contributed by atoms with Crippen LogP contribution in [0.5, 0.6) is 28.7 Å². The Labute approximate surface area is 207 Å². The van der Waals surface area contributed by atoms with Gasteiger partial charge in [0.2, 0.25) is 5.78 Å². The van der Waals surface area contributed by atoms with E-state index >= 15 is 0 Å². The Morgan fingerprint density at radius 2 is 1.67 bits per heavy atom. The smallest absolute Gasteiger partial charge is 0.343 e. The minimum atomic E-state index is -0.583. The highest BCUT2D eigenvalue weighted by Crippen LogP contribution is 2.36. The molecule has 0 N–H and O–H groups in total. The molecule has 182 valence electrons. The molecule has 0 aliphatic carbocycles. The lowest BCUT2D eigenvalue weighted by Gasteiger charge is -2.10. The highest BCUT2D eigenvalue weighted by Gasteiger charge is 2.28. The summed E-state index contributed by atoms with van der Waals surface area (Å²) >= 11 is 0. The lowest BCUT2D eigenvalue weighted by Crippen LogP contribution is -2.09. The summed E-state index contributed by atoms with van der Waals surface area (Å²) in [5.74, 6) is 1.56. The van der Waals surface area contributed by atoms with E-state index in [4.69, 9.17) is 23.7 Å². The number of esters is 1. The second-order valence-corrected chi connectivity index (χ2v) is 8.14. The summed E-state index contributed by atoms with van der Waals surface area (Å²) in [5, 5.41) is 0.932. The Kier molecular flexibility index (Phi) is 5.85. The average Bonchev–Trinajstić information content (AvgIpc) is 3.38. The first kappa shape index (κ1) is 23.0. The molecule has 3 aromatic carbocycles. The molecule has 1 aromatic heterocycles. The van der Waals surface area contributed by atoms with Gasteiger partial charge in [-0.25, -0.2) is 4.79 Å². The first-order valence-electron chi connectivity index (χ1n) is 11.1. The van der Waals surface area contributed by atoms with Crippen molar-refractivity contribution in [3.63, 3.8) is 0 Å². The van der Waals surface area contributed by atoms with Gasteiger partial charge in [0.1, 0.15) is 17.2 Å². The number of ketones is 1. The van der Waals surface area contributed by atoms with Crippen LogP contribution < -0.4 is 23.7 Å². The van der Waals surface area contributed by atoms with Gasteiger partial charge < -0.3 is 28.3 Å². The van der Waals surface area contributed by atoms with E-state index in [0.717, 1.165) is 22.2 Å². The molecule has 4 aromatic rings. The van der Waals surface area contributed by atoms with Gasteiger partial charge in [0, 0.05) is 35.8 Å². The first-order chi connectivity index (χ1) is 17.4. The van der Waals surface area contributed by atoms with Crippen LogP contribution in [0, 0.1) is 0 Å². The summed E-state index contributed by atoms with van der Waals surface area (Å²) in [6.07, 6.45) is 3.63. The molecule has 1 aliphatic heterocycles. The summed E-state index contributed by atoms with van der Waals surface area (Å²) in [7, 11) is 6.54. The van der Waals surface area contributed by atoms with E-state index in [2.05, 4.69) is 0 Å². The maximum atomic E-state index is 13.0. The van der Waals surface area contributed by atoms with Crippen LogP contribution >= 0.6 is 0 Å². The van der Waals surface area contributed by atoms with Crippen molar-refractivity contribution in [2.75, 3.05) is 21.3 Å². The van der Waals surface area contributed by atoms with Crippen LogP contribution in [0.25, 0.3) is 17.0 Å². The fourth-order valence-corrected chi connectivity index (χ4v) is 4.14. The Balaban J connectivity index is 1.40. The van der Waals surface area contributed by atoms with E-state index in [-0.39, 0.29) is 22.9 Å². The Morgan fingerprint density at radius 1 is 0.889 bits per heavy atom. The number of methoxy groups -OCH3 is 3. The number of fused-ring (bicyclic) bond motifs is 2. The zero-order valence-corrected chi connectivity index (χ0v) is 20.2. The van der Waals surface area contributed by atoms with E-state index in [1.807, 2.05) is 36.0 Å². The van der Waals surface area contributed by atoms with Crippen molar-refractivity contribution < 1.29 is 33.3 Å². The van der Waals surface area contributed by atoms with E-state index in [9.17, 15) is 9.59 Å². The summed E-state index contributed by atoms with van der Waals surface area (Å²) < 4.78 is 29.2. The predicted octanol–water partition coefficient (Wildman–Crippen LogP) is 5.04. The summed E-state index contributed by atoms with van der Waals surface area (Å²) in [4.78, 5) is 25.7. The van der Waals surface area contributed by atoms with Crippen LogP contribution in [0.1, 0.15) is 26.3 Å². The largest absolute Gasteiger partial charge is 0.497 e. The minimum Gasteiger partial charge on any atom is -0.497 e. The number of carbonyl (C=O) groups is 2. The van der Waals surface area contributed by atoms with E-state index in [1.54, 1.807) is 37.5 Å². The number of rotatable bonds is 6. The van der Waals surface area contributed by atoms with Crippen molar-refractivity contribution in [1.29, 1.82) is 0 Å². The highest BCUT2D eigenvalue weighted by molar-refractivity contribution is 6.15. The van der Waals surface area contributed by atoms with E-state index in [1.165, 1.54) is 26.4 Å².